The molecule has 2 saturated carbocycles. The van der Waals surface area contributed by atoms with Gasteiger partial charge in [0, 0.05) is 24.6 Å². The molecule has 6 fully saturated rings. The lowest BCUT2D eigenvalue weighted by molar-refractivity contribution is -0.140. The van der Waals surface area contributed by atoms with Crippen molar-refractivity contribution in [3.63, 3.8) is 0 Å². The average Bonchev–Trinajstić information content (AvgIpc) is 3.87. The summed E-state index contributed by atoms with van der Waals surface area (Å²) in [5.41, 5.74) is 5.76. The molecule has 0 radical (unpaired) electrons. The van der Waals surface area contributed by atoms with Gasteiger partial charge in [0.2, 0.25) is 11.8 Å². The molecule has 6 aliphatic rings. The minimum absolute atomic E-state index is 0.0148. The van der Waals surface area contributed by atoms with E-state index in [9.17, 15) is 19.2 Å². The molecule has 4 N–H and O–H groups in total. The highest BCUT2D eigenvalue weighted by Gasteiger charge is 2.53. The van der Waals surface area contributed by atoms with Crippen LogP contribution in [0.15, 0.2) is 60.9 Å². The number of imidazole rings is 2. The molecule has 8 atom stereocenters. The van der Waals surface area contributed by atoms with Crippen molar-refractivity contribution in [1.82, 2.24) is 40.4 Å². The first-order chi connectivity index (χ1) is 32.0. The fourth-order valence-electron chi connectivity index (χ4n) is 11.4. The lowest BCUT2D eigenvalue weighted by Crippen LogP contribution is -2.55. The molecule has 16 heteroatoms. The van der Waals surface area contributed by atoms with Crippen LogP contribution in [-0.2, 0) is 28.5 Å². The van der Waals surface area contributed by atoms with E-state index in [1.54, 1.807) is 0 Å². The van der Waals surface area contributed by atoms with Crippen molar-refractivity contribution in [2.75, 3.05) is 34.0 Å². The number of nitrogens with one attached hydrogen (secondary N) is 4. The number of aromatic nitrogens is 4. The van der Waals surface area contributed by atoms with E-state index in [0.717, 1.165) is 109 Å². The number of H-pyrrole nitrogens is 2. The van der Waals surface area contributed by atoms with Crippen LogP contribution in [0.1, 0.15) is 108 Å². The first-order valence-corrected chi connectivity index (χ1v) is 23.8. The molecule has 6 heterocycles. The van der Waals surface area contributed by atoms with E-state index in [1.807, 2.05) is 22.2 Å². The summed E-state index contributed by atoms with van der Waals surface area (Å²) in [6.45, 7) is 5.84. The number of aromatic amines is 2. The Morgan fingerprint density at radius 3 is 1.62 bits per heavy atom. The fraction of sp³-hybridized carbons (Fsp3) is 0.560. The largest absolute Gasteiger partial charge is 0.453 e. The molecule has 0 unspecified atom stereocenters. The lowest BCUT2D eigenvalue weighted by atomic mass is 9.84. The Kier molecular flexibility index (Phi) is 11.9. The number of likely N-dealkylation sites (tertiary alicyclic amines) is 2. The van der Waals surface area contributed by atoms with Crippen LogP contribution in [0.4, 0.5) is 9.59 Å². The highest BCUT2D eigenvalue weighted by molar-refractivity contribution is 5.88. The van der Waals surface area contributed by atoms with Gasteiger partial charge in [0.25, 0.3) is 0 Å². The zero-order chi connectivity index (χ0) is 45.7. The summed E-state index contributed by atoms with van der Waals surface area (Å²) in [5.74, 6) is 1.07. The normalized spacial score (nSPS) is 27.0. The maximum Gasteiger partial charge on any atom is 0.407 e. The van der Waals surface area contributed by atoms with Gasteiger partial charge in [-0.25, -0.2) is 19.6 Å². The Morgan fingerprint density at radius 2 is 1.15 bits per heavy atom. The van der Waals surface area contributed by atoms with Gasteiger partial charge in [-0.1, -0.05) is 48.5 Å². The molecule has 4 amide bonds. The number of ether oxygens (including phenoxy) is 4. The summed E-state index contributed by atoms with van der Waals surface area (Å²) in [4.78, 5) is 74.4. The highest BCUT2D eigenvalue weighted by Crippen LogP contribution is 2.54. The molecule has 2 aliphatic carbocycles. The van der Waals surface area contributed by atoms with Crippen LogP contribution in [0.5, 0.6) is 0 Å². The minimum atomic E-state index is -0.745. The average molecular weight is 903 g/mol. The Balaban J connectivity index is 0.802. The van der Waals surface area contributed by atoms with Crippen molar-refractivity contribution < 1.29 is 38.1 Å². The molecule has 350 valence electrons. The number of amides is 4. The number of benzene rings is 2. The molecule has 4 saturated heterocycles. The summed E-state index contributed by atoms with van der Waals surface area (Å²) in [6, 6.07) is 14.7. The predicted molar refractivity (Wildman–Crippen MR) is 243 cm³/mol. The van der Waals surface area contributed by atoms with Crippen LogP contribution in [0.25, 0.3) is 33.6 Å². The van der Waals surface area contributed by atoms with Crippen molar-refractivity contribution in [2.24, 2.45) is 17.3 Å². The monoisotopic (exact) mass is 902 g/mol. The van der Waals surface area contributed by atoms with Gasteiger partial charge >= 0.3 is 12.2 Å². The maximum absolute atomic E-state index is 14.4. The van der Waals surface area contributed by atoms with Crippen LogP contribution in [0, 0.1) is 17.3 Å². The Bertz CT molecular complexity index is 2260. The summed E-state index contributed by atoms with van der Waals surface area (Å²) in [7, 11) is 2.65. The van der Waals surface area contributed by atoms with E-state index < -0.39 is 24.3 Å². The number of hydrogen-bond acceptors (Lipinski definition) is 10. The number of carbonyl (C=O) groups excluding carboxylic acids is 4. The van der Waals surface area contributed by atoms with Crippen LogP contribution < -0.4 is 10.6 Å². The number of methoxy groups -OCH3 is 2. The predicted octanol–water partition coefficient (Wildman–Crippen LogP) is 7.46. The molecule has 2 aromatic carbocycles. The van der Waals surface area contributed by atoms with E-state index in [1.165, 1.54) is 14.2 Å². The van der Waals surface area contributed by atoms with Gasteiger partial charge in [-0.3, -0.25) is 9.59 Å². The topological polar surface area (TPSA) is 193 Å². The molecule has 4 aliphatic heterocycles. The van der Waals surface area contributed by atoms with E-state index in [4.69, 9.17) is 28.9 Å². The van der Waals surface area contributed by atoms with E-state index >= 15 is 0 Å². The van der Waals surface area contributed by atoms with Gasteiger partial charge in [-0.15, -0.1) is 0 Å². The zero-order valence-electron chi connectivity index (χ0n) is 38.3. The van der Waals surface area contributed by atoms with Crippen LogP contribution in [0.3, 0.4) is 0 Å². The standard InChI is InChI=1S/C50H62N8O8/c1-29-5-15-39(57(29)45(59)41(55-47(61)63-3)35-17-22-66-50(24-35)20-21-50)43-51-25-37(53-43)33-11-7-31(8-12-33)32-9-13-34(14-10-32)38-26-52-44(54-38)40-16-6-30(2)58(40)46(60)42(56-48(62)64-4)36-23-49(18-19-49)28-65-27-36/h7-14,25-26,29-30,35-36,39-42H,5-6,15-24,27-28H2,1-4H3,(H,51,53)(H,52,54)(H,55,61)(H,56,62)/t29-,30-,35+,36-,39-,40-,41-,42-/m0/s1. The van der Waals surface area contributed by atoms with E-state index in [2.05, 4.69) is 83.0 Å². The third-order valence-electron chi connectivity index (χ3n) is 15.5. The van der Waals surface area contributed by atoms with Gasteiger partial charge in [0.15, 0.2) is 0 Å². The fourth-order valence-corrected chi connectivity index (χ4v) is 11.4. The van der Waals surface area contributed by atoms with Crippen LogP contribution in [-0.4, -0.2) is 118 Å². The molecule has 4 aromatic rings. The van der Waals surface area contributed by atoms with Gasteiger partial charge < -0.3 is 49.3 Å². The quantitative estimate of drug-likeness (QED) is 0.117. The Labute approximate surface area is 385 Å². The molecule has 0 bridgehead atoms. The minimum Gasteiger partial charge on any atom is -0.453 e. The zero-order valence-corrected chi connectivity index (χ0v) is 38.3. The second-order valence-electron chi connectivity index (χ2n) is 19.9. The summed E-state index contributed by atoms with van der Waals surface area (Å²) in [6.07, 6.45) is 12.1. The Morgan fingerprint density at radius 1 is 0.667 bits per heavy atom. The number of alkyl carbamates (subject to hydrolysis) is 2. The van der Waals surface area contributed by atoms with Crippen molar-refractivity contribution in [2.45, 2.75) is 126 Å². The molecule has 66 heavy (non-hydrogen) atoms. The smallest absolute Gasteiger partial charge is 0.407 e. The van der Waals surface area contributed by atoms with E-state index in [-0.39, 0.29) is 58.8 Å². The summed E-state index contributed by atoms with van der Waals surface area (Å²) >= 11 is 0. The van der Waals surface area contributed by atoms with Crippen molar-refractivity contribution in [1.29, 1.82) is 0 Å². The molecule has 2 spiro atoms. The maximum atomic E-state index is 14.4. The van der Waals surface area contributed by atoms with Crippen molar-refractivity contribution >= 4 is 24.0 Å². The molecular weight excluding hydrogens is 841 g/mol. The lowest BCUT2D eigenvalue weighted by Gasteiger charge is -2.38. The number of rotatable bonds is 11. The molecular formula is C50H62N8O8. The van der Waals surface area contributed by atoms with Gasteiger partial charge in [-0.2, -0.15) is 0 Å². The first kappa shape index (κ1) is 44.1. The van der Waals surface area contributed by atoms with Crippen molar-refractivity contribution in [3.8, 4) is 33.6 Å². The summed E-state index contributed by atoms with van der Waals surface area (Å²) in [5, 5.41) is 5.78. The first-order valence-electron chi connectivity index (χ1n) is 23.8. The van der Waals surface area contributed by atoms with Crippen LogP contribution >= 0.6 is 0 Å². The third kappa shape index (κ3) is 8.69. The summed E-state index contributed by atoms with van der Waals surface area (Å²) < 4.78 is 22.0. The second kappa shape index (κ2) is 17.8. The molecule has 10 rings (SSSR count). The van der Waals surface area contributed by atoms with E-state index in [0.29, 0.717) is 26.2 Å². The van der Waals surface area contributed by atoms with Gasteiger partial charge in [0.05, 0.1) is 68.9 Å². The molecule has 16 nitrogen and oxygen atoms in total. The van der Waals surface area contributed by atoms with Crippen LogP contribution in [0.2, 0.25) is 0 Å². The SMILES string of the molecule is COC(=O)N[C@H](C(=O)N1[C@@H](C)CC[C@H]1c1ncc(-c2ccc(-c3ccc(-c4cnc([C@@H]5CC[C@H](C)N5C(=O)[C@@H](NC(=O)OC)[C@@H]5CCOC6(CC6)C5)[nH]4)cc3)cc2)[nH]1)[C@@H]1COCC2(CC2)C1. The second-order valence-corrected chi connectivity index (χ2v) is 19.9. The highest BCUT2D eigenvalue weighted by atomic mass is 16.5. The van der Waals surface area contributed by atoms with Gasteiger partial charge in [0.1, 0.15) is 23.7 Å². The number of carbonyl (C=O) groups is 4. The Hall–Kier alpha value is -5.74. The molecule has 2 aromatic heterocycles. The third-order valence-corrected chi connectivity index (χ3v) is 15.5. The van der Waals surface area contributed by atoms with Gasteiger partial charge in [-0.05, 0) is 118 Å². The number of nitrogens with zero attached hydrogens (tertiary/aromatic N) is 4. The van der Waals surface area contributed by atoms with Crippen molar-refractivity contribution in [3.05, 3.63) is 72.6 Å². The number of hydrogen-bond donors (Lipinski definition) is 4.